The van der Waals surface area contributed by atoms with Crippen molar-refractivity contribution < 1.29 is 30.0 Å². The number of hydrogen-bond donors (Lipinski definition) is 5. The summed E-state index contributed by atoms with van der Waals surface area (Å²) >= 11 is 0. The molecule has 0 bridgehead atoms. The number of nitrogens with one attached hydrogen (secondary N) is 1. The number of carbonyl (C=O) groups excluding carboxylic acids is 2. The first-order chi connectivity index (χ1) is 12.4. The average molecular weight is 375 g/mol. The minimum absolute atomic E-state index is 0.0567. The van der Waals surface area contributed by atoms with Crippen molar-refractivity contribution in [2.75, 3.05) is 0 Å². The van der Waals surface area contributed by atoms with Crippen LogP contribution < -0.4 is 5.32 Å². The van der Waals surface area contributed by atoms with Crippen molar-refractivity contribution in [3.63, 3.8) is 0 Å². The van der Waals surface area contributed by atoms with Gasteiger partial charge in [-0.25, -0.2) is 0 Å². The van der Waals surface area contributed by atoms with Crippen LogP contribution in [0.3, 0.4) is 0 Å². The Bertz CT molecular complexity index is 881. The number of carbonyl (C=O) groups is 2. The van der Waals surface area contributed by atoms with Crippen LogP contribution in [0.2, 0.25) is 0 Å². The molecule has 1 unspecified atom stereocenters. The van der Waals surface area contributed by atoms with Crippen molar-refractivity contribution in [3.8, 4) is 11.5 Å². The molecule has 0 amide bonds. The number of allylic oxidation sites excluding steroid dienone is 2. The second-order valence-electron chi connectivity index (χ2n) is 8.01. The van der Waals surface area contributed by atoms with Gasteiger partial charge in [0.1, 0.15) is 11.5 Å². The van der Waals surface area contributed by atoms with Gasteiger partial charge in [0.25, 0.3) is 0 Å². The van der Waals surface area contributed by atoms with Gasteiger partial charge in [0.2, 0.25) is 5.78 Å². The second kappa shape index (κ2) is 6.07. The highest BCUT2D eigenvalue weighted by Crippen LogP contribution is 2.48. The molecule has 0 heterocycles. The molecule has 0 fully saturated rings. The number of aliphatic hydroxyl groups is 2. The molecule has 0 radical (unpaired) electrons. The van der Waals surface area contributed by atoms with Gasteiger partial charge in [-0.15, -0.1) is 0 Å². The van der Waals surface area contributed by atoms with Crippen LogP contribution in [-0.4, -0.2) is 49.2 Å². The number of benzene rings is 1. The molecule has 7 nitrogen and oxygen atoms in total. The Hall–Kier alpha value is -2.38. The van der Waals surface area contributed by atoms with Gasteiger partial charge in [-0.2, -0.15) is 0 Å². The fourth-order valence-corrected chi connectivity index (χ4v) is 3.61. The van der Waals surface area contributed by atoms with Crippen LogP contribution in [0.1, 0.15) is 66.0 Å². The lowest BCUT2D eigenvalue weighted by Gasteiger charge is -2.44. The lowest BCUT2D eigenvalue weighted by atomic mass is 9.69. The predicted molar refractivity (Wildman–Crippen MR) is 98.1 cm³/mol. The first-order valence-electron chi connectivity index (χ1n) is 9.03. The van der Waals surface area contributed by atoms with Gasteiger partial charge >= 0.3 is 0 Å². The highest BCUT2D eigenvalue weighted by molar-refractivity contribution is 6.26. The van der Waals surface area contributed by atoms with Crippen LogP contribution in [0, 0.1) is 0 Å². The number of aromatic hydroxyl groups is 2. The number of fused-ring (bicyclic) bond motifs is 2. The summed E-state index contributed by atoms with van der Waals surface area (Å²) in [6.07, 6.45) is 1.52. The van der Waals surface area contributed by atoms with Crippen LogP contribution >= 0.6 is 0 Å². The zero-order chi connectivity index (χ0) is 20.3. The Labute approximate surface area is 157 Å². The van der Waals surface area contributed by atoms with E-state index in [4.69, 9.17) is 0 Å². The highest BCUT2D eigenvalue weighted by atomic mass is 16.4. The maximum atomic E-state index is 12.9. The summed E-state index contributed by atoms with van der Waals surface area (Å²) in [6, 6.07) is -0.0567. The van der Waals surface area contributed by atoms with E-state index in [-0.39, 0.29) is 46.8 Å². The summed E-state index contributed by atoms with van der Waals surface area (Å²) in [6.45, 7) is 6.63. The van der Waals surface area contributed by atoms with E-state index < -0.39 is 34.3 Å². The average Bonchev–Trinajstić information content (AvgIpc) is 2.57. The molecule has 27 heavy (non-hydrogen) atoms. The van der Waals surface area contributed by atoms with E-state index in [1.54, 1.807) is 0 Å². The topological polar surface area (TPSA) is 127 Å². The molecular weight excluding hydrogens is 350 g/mol. The minimum Gasteiger partial charge on any atom is -0.507 e. The first-order valence-corrected chi connectivity index (χ1v) is 9.03. The summed E-state index contributed by atoms with van der Waals surface area (Å²) in [5, 5.41) is 45.5. The van der Waals surface area contributed by atoms with Crippen molar-refractivity contribution >= 4 is 11.6 Å². The molecule has 0 aromatic heterocycles. The fraction of sp³-hybridized carbons (Fsp3) is 0.500. The van der Waals surface area contributed by atoms with Crippen molar-refractivity contribution in [1.82, 2.24) is 5.32 Å². The van der Waals surface area contributed by atoms with Crippen molar-refractivity contribution in [2.45, 2.75) is 64.2 Å². The van der Waals surface area contributed by atoms with Crippen LogP contribution in [0.15, 0.2) is 11.8 Å². The van der Waals surface area contributed by atoms with Crippen molar-refractivity contribution in [3.05, 3.63) is 34.0 Å². The Kier molecular flexibility index (Phi) is 4.36. The SMILES string of the molecule is CCC(C)NC1=CC(=O)c2c(O)c3c(c(O)c2C1=O)C[C@](C)(O)[C@](C)(O)C3. The molecule has 0 saturated heterocycles. The molecule has 2 aliphatic rings. The second-order valence-corrected chi connectivity index (χ2v) is 8.01. The zero-order valence-electron chi connectivity index (χ0n) is 15.9. The molecule has 5 N–H and O–H groups in total. The maximum Gasteiger partial charge on any atom is 0.213 e. The molecule has 0 aliphatic heterocycles. The number of ketones is 2. The van der Waals surface area contributed by atoms with Gasteiger partial charge in [0.05, 0.1) is 28.0 Å². The van der Waals surface area contributed by atoms with Gasteiger partial charge < -0.3 is 25.7 Å². The molecular formula is C20H25NO6. The van der Waals surface area contributed by atoms with Crippen molar-refractivity contribution in [1.29, 1.82) is 0 Å². The largest absolute Gasteiger partial charge is 0.507 e. The molecule has 0 spiro atoms. The van der Waals surface area contributed by atoms with E-state index in [1.807, 2.05) is 13.8 Å². The smallest absolute Gasteiger partial charge is 0.213 e. The number of hydrogen-bond acceptors (Lipinski definition) is 7. The third kappa shape index (κ3) is 2.82. The normalized spacial score (nSPS) is 28.3. The lowest BCUT2D eigenvalue weighted by molar-refractivity contribution is -0.135. The fourth-order valence-electron chi connectivity index (χ4n) is 3.61. The van der Waals surface area contributed by atoms with E-state index >= 15 is 0 Å². The van der Waals surface area contributed by atoms with E-state index in [0.29, 0.717) is 0 Å². The molecule has 7 heteroatoms. The third-order valence-electron chi connectivity index (χ3n) is 5.87. The van der Waals surface area contributed by atoms with Gasteiger partial charge in [0, 0.05) is 36.1 Å². The van der Waals surface area contributed by atoms with Crippen LogP contribution in [0.25, 0.3) is 0 Å². The van der Waals surface area contributed by atoms with Crippen LogP contribution in [0.5, 0.6) is 11.5 Å². The summed E-state index contributed by atoms with van der Waals surface area (Å²) in [4.78, 5) is 25.5. The molecule has 3 rings (SSSR count). The van der Waals surface area contributed by atoms with E-state index in [2.05, 4.69) is 5.32 Å². The number of rotatable bonds is 3. The monoisotopic (exact) mass is 375 g/mol. The van der Waals surface area contributed by atoms with Gasteiger partial charge in [-0.1, -0.05) is 6.92 Å². The zero-order valence-corrected chi connectivity index (χ0v) is 15.9. The van der Waals surface area contributed by atoms with E-state index in [1.165, 1.54) is 13.8 Å². The number of Topliss-reactive ketones (excluding diaryl/α,β-unsaturated/α-hetero) is 1. The summed E-state index contributed by atoms with van der Waals surface area (Å²) in [5.74, 6) is -2.03. The molecule has 0 saturated carbocycles. The van der Waals surface area contributed by atoms with Gasteiger partial charge in [0.15, 0.2) is 5.78 Å². The van der Waals surface area contributed by atoms with E-state index in [9.17, 15) is 30.0 Å². The molecule has 1 aromatic carbocycles. The Balaban J connectivity index is 2.20. The first kappa shape index (κ1) is 19.4. The lowest BCUT2D eigenvalue weighted by Crippen LogP contribution is -2.55. The minimum atomic E-state index is -1.58. The Morgan fingerprint density at radius 1 is 1.04 bits per heavy atom. The van der Waals surface area contributed by atoms with Crippen molar-refractivity contribution in [2.24, 2.45) is 0 Å². The van der Waals surface area contributed by atoms with Gasteiger partial charge in [-0.3, -0.25) is 9.59 Å². The van der Waals surface area contributed by atoms with Crippen LogP contribution in [-0.2, 0) is 12.8 Å². The van der Waals surface area contributed by atoms with E-state index in [0.717, 1.165) is 12.5 Å². The molecule has 146 valence electrons. The molecule has 2 aliphatic carbocycles. The summed E-state index contributed by atoms with van der Waals surface area (Å²) in [7, 11) is 0. The molecule has 1 aromatic rings. The highest BCUT2D eigenvalue weighted by Gasteiger charge is 2.49. The Morgan fingerprint density at radius 3 is 2.00 bits per heavy atom. The number of phenolic OH excluding ortho intramolecular Hbond substituents is 2. The quantitative estimate of drug-likeness (QED) is 0.505. The standard InChI is InChI=1S/C20H25NO6/c1-5-9(2)21-12-6-13(22)14-15(18(12)25)17(24)11-8-20(4,27)19(3,26)7-10(11)16(14)23/h6,9,21,23-24,26-27H,5,7-8H2,1-4H3/t9?,19-,20+/m1/s1. The van der Waals surface area contributed by atoms with Gasteiger partial charge in [-0.05, 0) is 27.2 Å². The van der Waals surface area contributed by atoms with Crippen LogP contribution in [0.4, 0.5) is 0 Å². The summed E-state index contributed by atoms with van der Waals surface area (Å²) < 4.78 is 0. The maximum absolute atomic E-state index is 12.9. The number of phenols is 2. The predicted octanol–water partition coefficient (Wildman–Crippen LogP) is 1.35. The summed E-state index contributed by atoms with van der Waals surface area (Å²) in [5.41, 5.74) is -3.26. The Morgan fingerprint density at radius 2 is 1.52 bits per heavy atom. The third-order valence-corrected chi connectivity index (χ3v) is 5.87. The molecule has 3 atom stereocenters.